The number of rotatable bonds is 5. The smallest absolute Gasteiger partial charge is 0.389 e. The van der Waals surface area contributed by atoms with Gasteiger partial charge in [0.05, 0.1) is 36.1 Å². The summed E-state index contributed by atoms with van der Waals surface area (Å²) in [6.07, 6.45) is 5.70. The quantitative estimate of drug-likeness (QED) is 0.480. The fourth-order valence-corrected chi connectivity index (χ4v) is 1.25. The molecule has 0 unspecified atom stereocenters. The fraction of sp³-hybridized carbons (Fsp3) is 0.100. The molecule has 9 nitrogen and oxygen atoms in total. The van der Waals surface area contributed by atoms with E-state index in [9.17, 15) is 14.9 Å². The Morgan fingerprint density at radius 1 is 1.63 bits per heavy atom. The number of hydrogen-bond acceptors (Lipinski definition) is 6. The number of amides is 1. The van der Waals surface area contributed by atoms with Crippen LogP contribution in [0.3, 0.4) is 0 Å². The number of nitrogens with zero attached hydrogens (tertiary/aromatic N) is 4. The van der Waals surface area contributed by atoms with Gasteiger partial charge in [0.1, 0.15) is 6.54 Å². The van der Waals surface area contributed by atoms with E-state index in [1.807, 2.05) is 0 Å². The van der Waals surface area contributed by atoms with Gasteiger partial charge in [-0.25, -0.2) is 5.43 Å². The van der Waals surface area contributed by atoms with Crippen molar-refractivity contribution in [2.24, 2.45) is 5.10 Å². The molecule has 0 radical (unpaired) electrons. The third-order valence-corrected chi connectivity index (χ3v) is 2.07. The van der Waals surface area contributed by atoms with Crippen molar-refractivity contribution in [3.63, 3.8) is 0 Å². The summed E-state index contributed by atoms with van der Waals surface area (Å²) in [7, 11) is 0. The fourth-order valence-electron chi connectivity index (χ4n) is 1.25. The largest absolute Gasteiger partial charge is 0.472 e. The topological polar surface area (TPSA) is 116 Å². The Balaban J connectivity index is 1.85. The van der Waals surface area contributed by atoms with E-state index in [0.29, 0.717) is 5.56 Å². The molecule has 0 saturated heterocycles. The number of hydrazone groups is 1. The van der Waals surface area contributed by atoms with Crippen LogP contribution < -0.4 is 5.43 Å². The summed E-state index contributed by atoms with van der Waals surface area (Å²) in [5, 5.41) is 17.7. The Bertz CT molecular complexity index is 601. The minimum atomic E-state index is -0.633. The maximum absolute atomic E-state index is 11.4. The molecule has 19 heavy (non-hydrogen) atoms. The van der Waals surface area contributed by atoms with E-state index in [4.69, 9.17) is 4.42 Å². The van der Waals surface area contributed by atoms with Gasteiger partial charge in [0.2, 0.25) is 0 Å². The first-order valence-corrected chi connectivity index (χ1v) is 5.17. The lowest BCUT2D eigenvalue weighted by Crippen LogP contribution is -2.23. The normalized spacial score (nSPS) is 10.7. The SMILES string of the molecule is O=C(Cn1ccc([N+](=O)[O-])n1)N/N=C\c1ccoc1. The molecule has 9 heteroatoms. The second-order valence-electron chi connectivity index (χ2n) is 3.48. The molecule has 0 aliphatic carbocycles. The molecule has 0 aliphatic heterocycles. The van der Waals surface area contributed by atoms with Crippen LogP contribution in [0.5, 0.6) is 0 Å². The first kappa shape index (κ1) is 12.5. The average molecular weight is 263 g/mol. The summed E-state index contributed by atoms with van der Waals surface area (Å²) in [6, 6.07) is 2.88. The van der Waals surface area contributed by atoms with Crippen LogP contribution in [0.2, 0.25) is 0 Å². The molecule has 0 atom stereocenters. The van der Waals surface area contributed by atoms with Gasteiger partial charge in [0.25, 0.3) is 5.91 Å². The second-order valence-corrected chi connectivity index (χ2v) is 3.48. The summed E-state index contributed by atoms with van der Waals surface area (Å²) >= 11 is 0. The van der Waals surface area contributed by atoms with Gasteiger partial charge in [0.15, 0.2) is 0 Å². The molecule has 1 amide bonds. The van der Waals surface area contributed by atoms with E-state index >= 15 is 0 Å². The van der Waals surface area contributed by atoms with E-state index in [0.717, 1.165) is 4.68 Å². The van der Waals surface area contributed by atoms with E-state index < -0.39 is 10.8 Å². The number of furan rings is 1. The highest BCUT2D eigenvalue weighted by atomic mass is 16.6. The predicted octanol–water partition coefficient (Wildman–Crippen LogP) is 0.535. The van der Waals surface area contributed by atoms with Crippen LogP contribution in [0, 0.1) is 10.1 Å². The summed E-state index contributed by atoms with van der Waals surface area (Å²) in [5.41, 5.74) is 2.97. The number of nitrogens with one attached hydrogen (secondary N) is 1. The number of hydrogen-bond donors (Lipinski definition) is 1. The Hall–Kier alpha value is -2.97. The van der Waals surface area contributed by atoms with Crippen LogP contribution in [0.15, 0.2) is 40.4 Å². The molecule has 2 aromatic rings. The molecule has 0 fully saturated rings. The van der Waals surface area contributed by atoms with Crippen molar-refractivity contribution >= 4 is 17.9 Å². The highest BCUT2D eigenvalue weighted by Gasteiger charge is 2.12. The monoisotopic (exact) mass is 263 g/mol. The first-order chi connectivity index (χ1) is 9.15. The minimum Gasteiger partial charge on any atom is -0.472 e. The van der Waals surface area contributed by atoms with E-state index in [2.05, 4.69) is 15.6 Å². The number of carbonyl (C=O) groups excluding carboxylic acids is 1. The van der Waals surface area contributed by atoms with Gasteiger partial charge in [-0.05, 0) is 11.0 Å². The van der Waals surface area contributed by atoms with Gasteiger partial charge in [-0.2, -0.15) is 9.78 Å². The minimum absolute atomic E-state index is 0.156. The number of carbonyl (C=O) groups is 1. The Labute approximate surface area is 106 Å². The van der Waals surface area contributed by atoms with E-state index in [1.54, 1.807) is 6.07 Å². The highest BCUT2D eigenvalue weighted by Crippen LogP contribution is 2.04. The molecular formula is C10H9N5O4. The maximum atomic E-state index is 11.4. The van der Waals surface area contributed by atoms with Crippen molar-refractivity contribution in [2.45, 2.75) is 6.54 Å². The summed E-state index contributed by atoms with van der Waals surface area (Å²) in [5.74, 6) is -0.757. The molecule has 0 aliphatic rings. The first-order valence-electron chi connectivity index (χ1n) is 5.17. The van der Waals surface area contributed by atoms with Crippen LogP contribution in [0.4, 0.5) is 5.82 Å². The molecule has 0 spiro atoms. The third-order valence-electron chi connectivity index (χ3n) is 2.07. The maximum Gasteiger partial charge on any atom is 0.389 e. The number of aromatic nitrogens is 2. The molecule has 1 N–H and O–H groups in total. The molecule has 2 rings (SSSR count). The summed E-state index contributed by atoms with van der Waals surface area (Å²) in [4.78, 5) is 21.2. The van der Waals surface area contributed by atoms with E-state index in [-0.39, 0.29) is 12.4 Å². The van der Waals surface area contributed by atoms with Gasteiger partial charge in [0, 0.05) is 5.56 Å². The zero-order valence-corrected chi connectivity index (χ0v) is 9.59. The Kier molecular flexibility index (Phi) is 3.67. The molecule has 0 saturated carbocycles. The summed E-state index contributed by atoms with van der Waals surface area (Å²) < 4.78 is 5.96. The Morgan fingerprint density at radius 3 is 3.11 bits per heavy atom. The van der Waals surface area contributed by atoms with Gasteiger partial charge >= 0.3 is 5.82 Å². The molecule has 2 aromatic heterocycles. The second kappa shape index (κ2) is 5.58. The predicted molar refractivity (Wildman–Crippen MR) is 63.3 cm³/mol. The van der Waals surface area contributed by atoms with Crippen molar-refractivity contribution in [3.8, 4) is 0 Å². The molecule has 98 valence electrons. The van der Waals surface area contributed by atoms with Gasteiger partial charge in [-0.1, -0.05) is 0 Å². The zero-order chi connectivity index (χ0) is 13.7. The van der Waals surface area contributed by atoms with Crippen LogP contribution in [0.1, 0.15) is 5.56 Å². The molecule has 0 aromatic carbocycles. The van der Waals surface area contributed by atoms with Crippen LogP contribution in [-0.4, -0.2) is 26.8 Å². The van der Waals surface area contributed by atoms with Gasteiger partial charge in [-0.15, -0.1) is 0 Å². The molecule has 2 heterocycles. The Morgan fingerprint density at radius 2 is 2.47 bits per heavy atom. The van der Waals surface area contributed by atoms with Crippen LogP contribution in [0.25, 0.3) is 0 Å². The molecule has 0 bridgehead atoms. The molecular weight excluding hydrogens is 254 g/mol. The van der Waals surface area contributed by atoms with Crippen molar-refractivity contribution in [3.05, 3.63) is 46.5 Å². The van der Waals surface area contributed by atoms with Gasteiger partial charge in [-0.3, -0.25) is 4.79 Å². The lowest BCUT2D eigenvalue weighted by Gasteiger charge is -1.96. The lowest BCUT2D eigenvalue weighted by molar-refractivity contribution is -0.389. The van der Waals surface area contributed by atoms with Gasteiger partial charge < -0.3 is 14.5 Å². The van der Waals surface area contributed by atoms with Crippen molar-refractivity contribution in [1.82, 2.24) is 15.2 Å². The average Bonchev–Trinajstić information content (AvgIpc) is 3.00. The van der Waals surface area contributed by atoms with Crippen molar-refractivity contribution in [2.75, 3.05) is 0 Å². The van der Waals surface area contributed by atoms with Crippen LogP contribution >= 0.6 is 0 Å². The third kappa shape index (κ3) is 3.49. The lowest BCUT2D eigenvalue weighted by atomic mass is 10.4. The van der Waals surface area contributed by atoms with Crippen molar-refractivity contribution < 1.29 is 14.1 Å². The van der Waals surface area contributed by atoms with Crippen molar-refractivity contribution in [1.29, 1.82) is 0 Å². The standard InChI is InChI=1S/C10H9N5O4/c16-10(12-11-5-8-2-4-19-7-8)6-14-3-1-9(13-14)15(17)18/h1-5,7H,6H2,(H,12,16)/b11-5-. The summed E-state index contributed by atoms with van der Waals surface area (Å²) in [6.45, 7) is -0.156. The van der Waals surface area contributed by atoms with Crippen LogP contribution in [-0.2, 0) is 11.3 Å². The number of nitro groups is 1. The highest BCUT2D eigenvalue weighted by molar-refractivity contribution is 5.81. The zero-order valence-electron chi connectivity index (χ0n) is 9.59. The van der Waals surface area contributed by atoms with E-state index in [1.165, 1.54) is 31.0 Å².